The third-order valence-corrected chi connectivity index (χ3v) is 11.8. The van der Waals surface area contributed by atoms with Crippen molar-refractivity contribution in [2.24, 2.45) is 17.8 Å². The van der Waals surface area contributed by atoms with Crippen molar-refractivity contribution in [3.63, 3.8) is 0 Å². The number of carbonyl (C=O) groups is 5. The minimum absolute atomic E-state index is 0.0127. The van der Waals surface area contributed by atoms with Gasteiger partial charge in [0.05, 0.1) is 18.6 Å². The molecule has 2 aromatic carbocycles. The molecule has 6 rings (SSSR count). The molecule has 3 aromatic rings. The van der Waals surface area contributed by atoms with E-state index in [-0.39, 0.29) is 72.2 Å². The van der Waals surface area contributed by atoms with Crippen LogP contribution in [-0.4, -0.2) is 48.3 Å². The minimum atomic E-state index is -1.23. The van der Waals surface area contributed by atoms with Gasteiger partial charge in [0.15, 0.2) is 23.1 Å². The highest BCUT2D eigenvalue weighted by Crippen LogP contribution is 2.50. The van der Waals surface area contributed by atoms with E-state index in [4.69, 9.17) is 9.15 Å². The molecule has 0 saturated carbocycles. The molecule has 258 valence electrons. The van der Waals surface area contributed by atoms with E-state index >= 15 is 4.39 Å². The highest BCUT2D eigenvalue weighted by molar-refractivity contribution is 6.00. The van der Waals surface area contributed by atoms with Crippen LogP contribution in [0, 0.1) is 23.6 Å². The largest absolute Gasteiger partial charge is 0.494 e. The van der Waals surface area contributed by atoms with Crippen LogP contribution in [0.4, 0.5) is 4.39 Å². The van der Waals surface area contributed by atoms with Gasteiger partial charge in [0.25, 0.3) is 0 Å². The number of amides is 3. The van der Waals surface area contributed by atoms with Gasteiger partial charge < -0.3 is 14.1 Å². The van der Waals surface area contributed by atoms with Crippen LogP contribution in [-0.2, 0) is 36.6 Å². The van der Waals surface area contributed by atoms with E-state index in [1.54, 1.807) is 32.2 Å². The van der Waals surface area contributed by atoms with Crippen LogP contribution < -0.4 is 10.1 Å². The molecule has 0 spiro atoms. The topological polar surface area (TPSA) is 123 Å². The summed E-state index contributed by atoms with van der Waals surface area (Å²) in [7, 11) is 3.01. The summed E-state index contributed by atoms with van der Waals surface area (Å²) in [5, 5.41) is 3.24. The number of ether oxygens (including phenoxy) is 1. The number of benzene rings is 2. The molecular weight excluding hydrogens is 627 g/mol. The van der Waals surface area contributed by atoms with Crippen LogP contribution in [0.15, 0.2) is 41.3 Å². The van der Waals surface area contributed by atoms with Gasteiger partial charge in [-0.15, -0.1) is 0 Å². The SMILES string of the molecule is C=Cc1cc2oc(C(C)(C3CCCC(=O)NC3=O)C(C)C3CC(=O)c4c(ccc(OC)c4F)C3)cc2cc1C1(C)C(=O)CCCC(=O)N1C. The molecule has 1 aromatic heterocycles. The lowest BCUT2D eigenvalue weighted by molar-refractivity contribution is -0.142. The van der Waals surface area contributed by atoms with Gasteiger partial charge in [-0.3, -0.25) is 29.3 Å². The summed E-state index contributed by atoms with van der Waals surface area (Å²) in [6.07, 6.45) is 4.27. The zero-order valence-electron chi connectivity index (χ0n) is 28.7. The number of halogens is 1. The van der Waals surface area contributed by atoms with Crippen molar-refractivity contribution in [1.82, 2.24) is 10.2 Å². The number of likely N-dealkylation sites (N-methyl/N-ethyl adjacent to an activating group) is 1. The van der Waals surface area contributed by atoms with Crippen molar-refractivity contribution in [2.45, 2.75) is 83.1 Å². The normalized spacial score (nSPS) is 25.3. The first-order valence-corrected chi connectivity index (χ1v) is 17.0. The average molecular weight is 671 g/mol. The lowest BCUT2D eigenvalue weighted by atomic mass is 9.59. The van der Waals surface area contributed by atoms with Gasteiger partial charge in [-0.2, -0.15) is 0 Å². The molecule has 5 atom stereocenters. The van der Waals surface area contributed by atoms with Crippen molar-refractivity contribution in [2.75, 3.05) is 14.2 Å². The summed E-state index contributed by atoms with van der Waals surface area (Å²) in [5.74, 6) is -2.71. The fourth-order valence-electron chi connectivity index (χ4n) is 8.47. The molecule has 0 radical (unpaired) electrons. The van der Waals surface area contributed by atoms with E-state index in [9.17, 15) is 24.0 Å². The molecule has 3 amide bonds. The number of ketones is 2. The standard InChI is InChI=1S/C39H43FN2O7/c1-7-22-19-30-25(17-27(22)39(4)31(44)11-9-13-34(46)42(39)5)20-32(49-30)38(3,26-10-8-12-33(45)41-37(26)47)21(2)24-16-23-14-15-29(48-6)36(40)35(23)28(43)18-24/h7,14-15,17,19-21,24,26H,1,8-13,16,18H2,2-6H3,(H,41,45,47). The molecule has 2 aliphatic heterocycles. The molecule has 1 aliphatic carbocycles. The third-order valence-electron chi connectivity index (χ3n) is 11.8. The van der Waals surface area contributed by atoms with E-state index in [0.717, 1.165) is 0 Å². The molecule has 3 heterocycles. The monoisotopic (exact) mass is 670 g/mol. The minimum Gasteiger partial charge on any atom is -0.494 e. The van der Waals surface area contributed by atoms with Crippen LogP contribution in [0.5, 0.6) is 5.75 Å². The first kappa shape index (κ1) is 34.3. The van der Waals surface area contributed by atoms with Crippen LogP contribution in [0.25, 0.3) is 17.0 Å². The second-order valence-electron chi connectivity index (χ2n) is 14.2. The number of nitrogens with one attached hydrogen (secondary N) is 1. The Morgan fingerprint density at radius 3 is 2.57 bits per heavy atom. The number of rotatable bonds is 7. The number of carbonyl (C=O) groups excluding carboxylic acids is 5. The maximum Gasteiger partial charge on any atom is 0.230 e. The van der Waals surface area contributed by atoms with Gasteiger partial charge in [-0.1, -0.05) is 32.6 Å². The Bertz CT molecular complexity index is 1910. The summed E-state index contributed by atoms with van der Waals surface area (Å²) < 4.78 is 27.0. The summed E-state index contributed by atoms with van der Waals surface area (Å²) >= 11 is 0. The first-order chi connectivity index (χ1) is 23.2. The molecule has 0 bridgehead atoms. The van der Waals surface area contributed by atoms with Crippen LogP contribution >= 0.6 is 0 Å². The van der Waals surface area contributed by atoms with Crippen molar-refractivity contribution in [1.29, 1.82) is 0 Å². The number of Topliss-reactive ketones (excluding diaryl/α,β-unsaturated/α-hetero) is 2. The predicted octanol–water partition coefficient (Wildman–Crippen LogP) is 6.43. The van der Waals surface area contributed by atoms with Gasteiger partial charge >= 0.3 is 0 Å². The Kier molecular flexibility index (Phi) is 8.88. The van der Waals surface area contributed by atoms with Gasteiger partial charge in [0, 0.05) is 43.5 Å². The number of methoxy groups -OCH3 is 1. The Morgan fingerprint density at radius 2 is 1.86 bits per heavy atom. The number of imide groups is 1. The number of nitrogens with zero attached hydrogens (tertiary/aromatic N) is 1. The predicted molar refractivity (Wildman–Crippen MR) is 181 cm³/mol. The second-order valence-corrected chi connectivity index (χ2v) is 14.2. The summed E-state index contributed by atoms with van der Waals surface area (Å²) in [6, 6.07) is 8.79. The molecule has 2 fully saturated rings. The lowest BCUT2D eigenvalue weighted by Crippen LogP contribution is -2.49. The molecule has 9 nitrogen and oxygen atoms in total. The van der Waals surface area contributed by atoms with Crippen LogP contribution in [0.1, 0.15) is 98.5 Å². The number of furan rings is 1. The fourth-order valence-corrected chi connectivity index (χ4v) is 8.47. The smallest absolute Gasteiger partial charge is 0.230 e. The van der Waals surface area contributed by atoms with Crippen molar-refractivity contribution in [3.05, 3.63) is 70.7 Å². The van der Waals surface area contributed by atoms with Crippen molar-refractivity contribution >= 4 is 46.3 Å². The Balaban J connectivity index is 1.49. The number of hydrogen-bond donors (Lipinski definition) is 1. The van der Waals surface area contributed by atoms with E-state index in [1.165, 1.54) is 18.1 Å². The zero-order valence-corrected chi connectivity index (χ0v) is 28.7. The van der Waals surface area contributed by atoms with E-state index in [1.807, 2.05) is 26.0 Å². The number of fused-ring (bicyclic) bond motifs is 2. The van der Waals surface area contributed by atoms with Crippen LogP contribution in [0.2, 0.25) is 0 Å². The molecular formula is C39H43FN2O7. The number of likely N-dealkylation sites (tertiary alicyclic amines) is 1. The van der Waals surface area contributed by atoms with Crippen molar-refractivity contribution in [3.8, 4) is 5.75 Å². The van der Waals surface area contributed by atoms with E-state index in [0.29, 0.717) is 59.1 Å². The maximum absolute atomic E-state index is 15.2. The summed E-state index contributed by atoms with van der Waals surface area (Å²) in [4.78, 5) is 67.9. The Hall–Kier alpha value is -4.60. The Morgan fingerprint density at radius 1 is 1.10 bits per heavy atom. The van der Waals surface area contributed by atoms with Gasteiger partial charge in [-0.25, -0.2) is 4.39 Å². The lowest BCUT2D eigenvalue weighted by Gasteiger charge is -2.44. The van der Waals surface area contributed by atoms with Gasteiger partial charge in [0.1, 0.15) is 16.9 Å². The first-order valence-electron chi connectivity index (χ1n) is 17.0. The number of hydrogen-bond acceptors (Lipinski definition) is 7. The van der Waals surface area contributed by atoms with E-state index < -0.39 is 28.6 Å². The quantitative estimate of drug-likeness (QED) is 0.288. The van der Waals surface area contributed by atoms with Crippen molar-refractivity contribution < 1.29 is 37.5 Å². The Labute approximate surface area is 285 Å². The fraction of sp³-hybridized carbons (Fsp3) is 0.462. The molecule has 10 heteroatoms. The van der Waals surface area contributed by atoms with Gasteiger partial charge in [-0.05, 0) is 85.4 Å². The van der Waals surface area contributed by atoms with E-state index in [2.05, 4.69) is 11.9 Å². The summed E-state index contributed by atoms with van der Waals surface area (Å²) in [5.41, 5.74) is 0.170. The third kappa shape index (κ3) is 5.49. The average Bonchev–Trinajstić information content (AvgIpc) is 3.38. The molecule has 49 heavy (non-hydrogen) atoms. The second kappa shape index (κ2) is 12.7. The zero-order chi connectivity index (χ0) is 35.4. The maximum atomic E-state index is 15.2. The van der Waals surface area contributed by atoms with Crippen LogP contribution in [0.3, 0.4) is 0 Å². The summed E-state index contributed by atoms with van der Waals surface area (Å²) in [6.45, 7) is 9.70. The molecule has 2 saturated heterocycles. The highest BCUT2D eigenvalue weighted by atomic mass is 19.1. The highest BCUT2D eigenvalue weighted by Gasteiger charge is 2.51. The molecule has 3 aliphatic rings. The molecule has 5 unspecified atom stereocenters. The molecule has 1 N–H and O–H groups in total. The van der Waals surface area contributed by atoms with Gasteiger partial charge in [0.2, 0.25) is 17.7 Å².